The van der Waals surface area contributed by atoms with Crippen molar-refractivity contribution < 1.29 is 9.13 Å². The molecule has 1 heterocycles. The third kappa shape index (κ3) is 1.93. The van der Waals surface area contributed by atoms with E-state index in [1.165, 1.54) is 25.6 Å². The molecule has 1 aromatic heterocycles. The van der Waals surface area contributed by atoms with E-state index in [0.717, 1.165) is 0 Å². The van der Waals surface area contributed by atoms with Gasteiger partial charge in [-0.1, -0.05) is 0 Å². The zero-order valence-electron chi connectivity index (χ0n) is 8.14. The van der Waals surface area contributed by atoms with E-state index in [1.807, 2.05) is 0 Å². The topological polar surface area (TPSA) is 35.0 Å². The number of hydrogen-bond donors (Lipinski definition) is 0. The molecule has 0 unspecified atom stereocenters. The van der Waals surface area contributed by atoms with Gasteiger partial charge in [0.15, 0.2) is 0 Å². The van der Waals surface area contributed by atoms with Crippen molar-refractivity contribution in [3.8, 4) is 17.0 Å². The number of ether oxygens (including phenoxy) is 1. The van der Waals surface area contributed by atoms with Crippen molar-refractivity contribution in [2.45, 2.75) is 0 Å². The first kappa shape index (κ1) is 9.58. The van der Waals surface area contributed by atoms with Gasteiger partial charge in [0.1, 0.15) is 11.6 Å². The summed E-state index contributed by atoms with van der Waals surface area (Å²) >= 11 is 0. The molecule has 0 saturated carbocycles. The maximum atomic E-state index is 13.5. The molecule has 76 valence electrons. The molecule has 0 saturated heterocycles. The normalized spacial score (nSPS) is 10.0. The predicted octanol–water partition coefficient (Wildman–Crippen LogP) is 2.29. The van der Waals surface area contributed by atoms with Gasteiger partial charge >= 0.3 is 0 Å². The highest BCUT2D eigenvalue weighted by molar-refractivity contribution is 5.60. The standard InChI is InChI=1S/C11H9FN2O/c1-15-8-2-3-10(12)9(6-8)11-7-13-4-5-14-11/h2-7H,1H3. The van der Waals surface area contributed by atoms with Crippen molar-refractivity contribution in [3.05, 3.63) is 42.6 Å². The van der Waals surface area contributed by atoms with Gasteiger partial charge in [0.2, 0.25) is 0 Å². The Labute approximate surface area is 86.6 Å². The summed E-state index contributed by atoms with van der Waals surface area (Å²) in [4.78, 5) is 7.91. The fourth-order valence-electron chi connectivity index (χ4n) is 1.27. The fraction of sp³-hybridized carbons (Fsp3) is 0.0909. The second kappa shape index (κ2) is 4.04. The summed E-state index contributed by atoms with van der Waals surface area (Å²) < 4.78 is 18.5. The Morgan fingerprint density at radius 2 is 2.13 bits per heavy atom. The maximum absolute atomic E-state index is 13.5. The van der Waals surface area contributed by atoms with Crippen LogP contribution in [0.1, 0.15) is 0 Å². The van der Waals surface area contributed by atoms with E-state index in [4.69, 9.17) is 4.74 Å². The summed E-state index contributed by atoms with van der Waals surface area (Å²) in [6.45, 7) is 0. The van der Waals surface area contributed by atoms with Crippen LogP contribution in [0.2, 0.25) is 0 Å². The van der Waals surface area contributed by atoms with Crippen LogP contribution in [0, 0.1) is 5.82 Å². The molecule has 0 aliphatic rings. The Hall–Kier alpha value is -1.97. The van der Waals surface area contributed by atoms with Gasteiger partial charge in [0.05, 0.1) is 19.0 Å². The number of halogens is 1. The summed E-state index contributed by atoms with van der Waals surface area (Å²) in [6.07, 6.45) is 4.58. The highest BCUT2D eigenvalue weighted by Crippen LogP contribution is 2.24. The first-order chi connectivity index (χ1) is 7.31. The molecule has 0 spiro atoms. The predicted molar refractivity (Wildman–Crippen MR) is 54.0 cm³/mol. The molecular formula is C11H9FN2O. The fourth-order valence-corrected chi connectivity index (χ4v) is 1.27. The highest BCUT2D eigenvalue weighted by atomic mass is 19.1. The second-order valence-electron chi connectivity index (χ2n) is 2.94. The summed E-state index contributed by atoms with van der Waals surface area (Å²) in [5.74, 6) is 0.258. The molecule has 3 nitrogen and oxygen atoms in total. The number of nitrogens with zero attached hydrogens (tertiary/aromatic N) is 2. The van der Waals surface area contributed by atoms with Crippen molar-refractivity contribution >= 4 is 0 Å². The van der Waals surface area contributed by atoms with Crippen molar-refractivity contribution in [2.24, 2.45) is 0 Å². The molecule has 0 radical (unpaired) electrons. The Balaban J connectivity index is 2.52. The Kier molecular flexibility index (Phi) is 2.58. The molecule has 0 N–H and O–H groups in total. The lowest BCUT2D eigenvalue weighted by atomic mass is 10.1. The molecule has 2 rings (SSSR count). The highest BCUT2D eigenvalue weighted by Gasteiger charge is 2.07. The molecule has 2 aromatic rings. The number of hydrogen-bond acceptors (Lipinski definition) is 3. The molecule has 0 aliphatic heterocycles. The maximum Gasteiger partial charge on any atom is 0.132 e. The third-order valence-corrected chi connectivity index (χ3v) is 2.01. The average molecular weight is 204 g/mol. The van der Waals surface area contributed by atoms with Crippen LogP contribution in [0.4, 0.5) is 4.39 Å². The van der Waals surface area contributed by atoms with E-state index in [-0.39, 0.29) is 5.82 Å². The van der Waals surface area contributed by atoms with Crippen LogP contribution >= 0.6 is 0 Å². The zero-order chi connectivity index (χ0) is 10.7. The molecule has 4 heteroatoms. The molecular weight excluding hydrogens is 195 g/mol. The molecule has 0 atom stereocenters. The molecule has 0 bridgehead atoms. The minimum absolute atomic E-state index is 0.337. The van der Waals surface area contributed by atoms with E-state index < -0.39 is 0 Å². The van der Waals surface area contributed by atoms with E-state index in [2.05, 4.69) is 9.97 Å². The number of rotatable bonds is 2. The number of benzene rings is 1. The van der Waals surface area contributed by atoms with Gasteiger partial charge < -0.3 is 4.74 Å². The van der Waals surface area contributed by atoms with E-state index in [1.54, 1.807) is 18.3 Å². The minimum Gasteiger partial charge on any atom is -0.497 e. The van der Waals surface area contributed by atoms with E-state index in [0.29, 0.717) is 17.0 Å². The quantitative estimate of drug-likeness (QED) is 0.752. The van der Waals surface area contributed by atoms with Crippen LogP contribution < -0.4 is 4.74 Å². The molecule has 0 fully saturated rings. The summed E-state index contributed by atoms with van der Waals surface area (Å²) in [5, 5.41) is 0. The van der Waals surface area contributed by atoms with Crippen LogP contribution in [0.15, 0.2) is 36.8 Å². The first-order valence-corrected chi connectivity index (χ1v) is 4.41. The lowest BCUT2D eigenvalue weighted by molar-refractivity contribution is 0.414. The van der Waals surface area contributed by atoms with Gasteiger partial charge in [-0.15, -0.1) is 0 Å². The summed E-state index contributed by atoms with van der Waals surface area (Å²) in [7, 11) is 1.54. The first-order valence-electron chi connectivity index (χ1n) is 4.41. The largest absolute Gasteiger partial charge is 0.497 e. The second-order valence-corrected chi connectivity index (χ2v) is 2.94. The van der Waals surface area contributed by atoms with Gasteiger partial charge in [-0.2, -0.15) is 0 Å². The van der Waals surface area contributed by atoms with Crippen molar-refractivity contribution in [2.75, 3.05) is 7.11 Å². The van der Waals surface area contributed by atoms with E-state index in [9.17, 15) is 4.39 Å². The molecule has 0 aliphatic carbocycles. The van der Waals surface area contributed by atoms with Crippen LogP contribution in [0.5, 0.6) is 5.75 Å². The summed E-state index contributed by atoms with van der Waals surface area (Å²) in [6, 6.07) is 4.51. The molecule has 15 heavy (non-hydrogen) atoms. The van der Waals surface area contributed by atoms with Gasteiger partial charge in [0.25, 0.3) is 0 Å². The smallest absolute Gasteiger partial charge is 0.132 e. The Bertz CT molecular complexity index is 459. The SMILES string of the molecule is COc1ccc(F)c(-c2cnccn2)c1. The van der Waals surface area contributed by atoms with E-state index >= 15 is 0 Å². The lowest BCUT2D eigenvalue weighted by Crippen LogP contribution is -1.90. The molecule has 1 aromatic carbocycles. The van der Waals surface area contributed by atoms with Crippen LogP contribution in [0.3, 0.4) is 0 Å². The Morgan fingerprint density at radius 1 is 1.27 bits per heavy atom. The van der Waals surface area contributed by atoms with Crippen molar-refractivity contribution in [3.63, 3.8) is 0 Å². The minimum atomic E-state index is -0.337. The monoisotopic (exact) mass is 204 g/mol. The van der Waals surface area contributed by atoms with Gasteiger partial charge in [-0.05, 0) is 18.2 Å². The summed E-state index contributed by atoms with van der Waals surface area (Å²) in [5.41, 5.74) is 0.886. The third-order valence-electron chi connectivity index (χ3n) is 2.01. The lowest BCUT2D eigenvalue weighted by Gasteiger charge is -2.04. The number of methoxy groups -OCH3 is 1. The van der Waals surface area contributed by atoms with Gasteiger partial charge in [0, 0.05) is 18.0 Å². The molecule has 0 amide bonds. The average Bonchev–Trinajstić information content (AvgIpc) is 2.31. The van der Waals surface area contributed by atoms with Gasteiger partial charge in [-0.3, -0.25) is 9.97 Å². The van der Waals surface area contributed by atoms with Crippen LogP contribution in [-0.2, 0) is 0 Å². The Morgan fingerprint density at radius 3 is 2.80 bits per heavy atom. The zero-order valence-corrected chi connectivity index (χ0v) is 8.14. The van der Waals surface area contributed by atoms with Crippen LogP contribution in [0.25, 0.3) is 11.3 Å². The van der Waals surface area contributed by atoms with Crippen LogP contribution in [-0.4, -0.2) is 17.1 Å². The number of aromatic nitrogens is 2. The van der Waals surface area contributed by atoms with Crippen molar-refractivity contribution in [1.82, 2.24) is 9.97 Å². The van der Waals surface area contributed by atoms with Gasteiger partial charge in [-0.25, -0.2) is 4.39 Å². The van der Waals surface area contributed by atoms with Crippen molar-refractivity contribution in [1.29, 1.82) is 0 Å².